The van der Waals surface area contributed by atoms with Crippen LogP contribution in [0.3, 0.4) is 0 Å². The lowest BCUT2D eigenvalue weighted by Crippen LogP contribution is -2.29. The van der Waals surface area contributed by atoms with E-state index in [2.05, 4.69) is 5.18 Å². The first kappa shape index (κ1) is 10.5. The second-order valence-electron chi connectivity index (χ2n) is 2.38. The van der Waals surface area contributed by atoms with Crippen LogP contribution in [0.25, 0.3) is 0 Å². The van der Waals surface area contributed by atoms with Gasteiger partial charge in [-0.1, -0.05) is 12.1 Å². The topological polar surface area (TPSA) is 104 Å². The summed E-state index contributed by atoms with van der Waals surface area (Å²) in [4.78, 5) is 30.4. The van der Waals surface area contributed by atoms with E-state index in [0.717, 1.165) is 0 Å². The van der Waals surface area contributed by atoms with Gasteiger partial charge < -0.3 is 10.2 Å². The lowest BCUT2D eigenvalue weighted by molar-refractivity contribution is -0.152. The maximum atomic E-state index is 10.4. The fourth-order valence-corrected chi connectivity index (χ4v) is 0.702. The first-order chi connectivity index (χ1) is 5.50. The highest BCUT2D eigenvalue weighted by atomic mass is 16.4. The Balaban J connectivity index is 4.38. The van der Waals surface area contributed by atoms with Gasteiger partial charge in [-0.05, 0) is 0 Å². The van der Waals surface area contributed by atoms with Crippen molar-refractivity contribution in [3.05, 3.63) is 4.91 Å². The highest BCUT2D eigenvalue weighted by Gasteiger charge is 2.29. The van der Waals surface area contributed by atoms with Crippen molar-refractivity contribution in [3.63, 3.8) is 0 Å². The number of hydrogen-bond donors (Lipinski definition) is 2. The van der Waals surface area contributed by atoms with Crippen molar-refractivity contribution in [2.24, 2.45) is 17.0 Å². The smallest absolute Gasteiger partial charge is 0.309 e. The number of carbonyl (C=O) groups is 2. The zero-order valence-corrected chi connectivity index (χ0v) is 6.43. The first-order valence-corrected chi connectivity index (χ1v) is 3.25. The van der Waals surface area contributed by atoms with Crippen molar-refractivity contribution >= 4 is 11.9 Å². The normalized spacial score (nSPS) is 14.8. The Morgan fingerprint density at radius 3 is 2.08 bits per heavy atom. The molecule has 0 heterocycles. The molecule has 0 aliphatic carbocycles. The molecule has 0 fully saturated rings. The van der Waals surface area contributed by atoms with Crippen LogP contribution < -0.4 is 0 Å². The molecule has 12 heavy (non-hydrogen) atoms. The monoisotopic (exact) mass is 175 g/mol. The highest BCUT2D eigenvalue weighted by molar-refractivity contribution is 5.79. The van der Waals surface area contributed by atoms with Gasteiger partial charge in [0.15, 0.2) is 0 Å². The predicted octanol–water partition coefficient (Wildman–Crippen LogP) is 0.174. The summed E-state index contributed by atoms with van der Waals surface area (Å²) < 4.78 is 0. The molecular formula is C6H9NO5. The second kappa shape index (κ2) is 4.42. The third-order valence-corrected chi connectivity index (χ3v) is 1.58. The molecule has 0 saturated heterocycles. The van der Waals surface area contributed by atoms with Crippen LogP contribution in [-0.4, -0.2) is 28.7 Å². The molecule has 0 saturated carbocycles. The quantitative estimate of drug-likeness (QED) is 0.579. The summed E-state index contributed by atoms with van der Waals surface area (Å²) in [6.07, 6.45) is 0. The minimum atomic E-state index is -1.32. The molecule has 0 amide bonds. The Labute approximate surface area is 68.2 Å². The van der Waals surface area contributed by atoms with E-state index in [1.807, 2.05) is 0 Å². The maximum Gasteiger partial charge on any atom is 0.309 e. The number of nitroso groups, excluding NO2 is 1. The minimum absolute atomic E-state index is 0.511. The van der Waals surface area contributed by atoms with Crippen molar-refractivity contribution in [1.29, 1.82) is 0 Å². The number of nitrogens with zero attached hydrogens (tertiary/aromatic N) is 1. The molecule has 2 N–H and O–H groups in total. The summed E-state index contributed by atoms with van der Waals surface area (Å²) in [5, 5.41) is 19.2. The van der Waals surface area contributed by atoms with Crippen LogP contribution in [0.15, 0.2) is 5.18 Å². The molecule has 0 bridgehead atoms. The molecule has 0 aliphatic heterocycles. The molecule has 0 rings (SSSR count). The molecular weight excluding hydrogens is 166 g/mol. The van der Waals surface area contributed by atoms with E-state index in [0.29, 0.717) is 0 Å². The van der Waals surface area contributed by atoms with E-state index in [4.69, 9.17) is 10.2 Å². The fraction of sp³-hybridized carbons (Fsp3) is 0.667. The zero-order chi connectivity index (χ0) is 9.72. The molecule has 68 valence electrons. The van der Waals surface area contributed by atoms with Crippen molar-refractivity contribution in [2.45, 2.75) is 6.92 Å². The Bertz CT molecular complexity index is 202. The average Bonchev–Trinajstić information content (AvgIpc) is 1.98. The molecule has 6 heteroatoms. The van der Waals surface area contributed by atoms with E-state index in [9.17, 15) is 14.5 Å². The van der Waals surface area contributed by atoms with Gasteiger partial charge in [0.05, 0.1) is 18.4 Å². The minimum Gasteiger partial charge on any atom is -0.481 e. The second-order valence-corrected chi connectivity index (χ2v) is 2.38. The van der Waals surface area contributed by atoms with Crippen molar-refractivity contribution in [1.82, 2.24) is 0 Å². The van der Waals surface area contributed by atoms with Crippen LogP contribution >= 0.6 is 0 Å². The Hall–Kier alpha value is -1.46. The molecule has 0 radical (unpaired) electrons. The molecule has 0 aliphatic rings. The molecule has 0 aromatic carbocycles. The van der Waals surface area contributed by atoms with E-state index in [1.165, 1.54) is 6.92 Å². The van der Waals surface area contributed by atoms with Crippen LogP contribution in [0.2, 0.25) is 0 Å². The van der Waals surface area contributed by atoms with Gasteiger partial charge in [0.1, 0.15) is 0 Å². The van der Waals surface area contributed by atoms with Crippen LogP contribution in [-0.2, 0) is 9.59 Å². The number of carboxylic acid groups (broad SMARTS) is 2. The number of aliphatic carboxylic acids is 2. The summed E-state index contributed by atoms with van der Waals surface area (Å²) >= 11 is 0. The summed E-state index contributed by atoms with van der Waals surface area (Å²) in [5.41, 5.74) is 0. The number of rotatable bonds is 5. The third-order valence-electron chi connectivity index (χ3n) is 1.58. The zero-order valence-electron chi connectivity index (χ0n) is 6.43. The van der Waals surface area contributed by atoms with Gasteiger partial charge in [0.2, 0.25) is 0 Å². The lowest BCUT2D eigenvalue weighted by atomic mass is 9.94. The molecule has 2 atom stereocenters. The van der Waals surface area contributed by atoms with Crippen LogP contribution in [0.5, 0.6) is 0 Å². The van der Waals surface area contributed by atoms with Crippen molar-refractivity contribution < 1.29 is 19.8 Å². The van der Waals surface area contributed by atoms with Crippen LogP contribution in [0.1, 0.15) is 6.92 Å². The summed E-state index contributed by atoms with van der Waals surface area (Å²) in [5.74, 6) is -4.89. The van der Waals surface area contributed by atoms with Gasteiger partial charge in [0, 0.05) is 0 Å². The summed E-state index contributed by atoms with van der Waals surface area (Å²) in [7, 11) is 0. The molecule has 6 nitrogen and oxygen atoms in total. The van der Waals surface area contributed by atoms with Gasteiger partial charge in [-0.15, -0.1) is 0 Å². The SMILES string of the molecule is CC(C(=O)O)C(CN=O)C(=O)O. The predicted molar refractivity (Wildman–Crippen MR) is 38.6 cm³/mol. The van der Waals surface area contributed by atoms with Gasteiger partial charge >= 0.3 is 11.9 Å². The van der Waals surface area contributed by atoms with E-state index in [1.54, 1.807) is 0 Å². The third kappa shape index (κ3) is 2.65. The average molecular weight is 175 g/mol. The molecule has 2 unspecified atom stereocenters. The van der Waals surface area contributed by atoms with Gasteiger partial charge in [-0.25, -0.2) is 0 Å². The molecule has 0 aromatic heterocycles. The summed E-state index contributed by atoms with van der Waals surface area (Å²) in [6, 6.07) is 0. The van der Waals surface area contributed by atoms with E-state index in [-0.39, 0.29) is 0 Å². The van der Waals surface area contributed by atoms with Crippen LogP contribution in [0.4, 0.5) is 0 Å². The Kier molecular flexibility index (Phi) is 3.89. The molecule has 0 aromatic rings. The van der Waals surface area contributed by atoms with Crippen molar-refractivity contribution in [2.75, 3.05) is 6.54 Å². The lowest BCUT2D eigenvalue weighted by Gasteiger charge is -2.11. The van der Waals surface area contributed by atoms with Gasteiger partial charge in [0.25, 0.3) is 0 Å². The largest absolute Gasteiger partial charge is 0.481 e. The number of hydrogen-bond acceptors (Lipinski definition) is 4. The van der Waals surface area contributed by atoms with E-state index < -0.39 is 30.3 Å². The van der Waals surface area contributed by atoms with E-state index >= 15 is 0 Å². The first-order valence-electron chi connectivity index (χ1n) is 3.25. The summed E-state index contributed by atoms with van der Waals surface area (Å²) in [6.45, 7) is 0.717. The van der Waals surface area contributed by atoms with Crippen LogP contribution in [0, 0.1) is 16.7 Å². The molecule has 0 spiro atoms. The fourth-order valence-electron chi connectivity index (χ4n) is 0.702. The number of carboxylic acids is 2. The van der Waals surface area contributed by atoms with Gasteiger partial charge in [-0.3, -0.25) is 9.59 Å². The van der Waals surface area contributed by atoms with Crippen molar-refractivity contribution in [3.8, 4) is 0 Å². The Morgan fingerprint density at radius 1 is 1.33 bits per heavy atom. The highest BCUT2D eigenvalue weighted by Crippen LogP contribution is 2.12. The standard InChI is InChI=1S/C6H9NO5/c1-3(5(8)9)4(2-7-12)6(10)11/h3-4H,2H2,1H3,(H,8,9)(H,10,11). The Morgan fingerprint density at radius 2 is 1.83 bits per heavy atom. The maximum absolute atomic E-state index is 10.4. The van der Waals surface area contributed by atoms with Gasteiger partial charge in [-0.2, -0.15) is 4.91 Å².